The molecule has 2 aromatic rings. The number of nitrogens with zero attached hydrogens (tertiary/aromatic N) is 4. The van der Waals surface area contributed by atoms with Crippen molar-refractivity contribution in [1.82, 2.24) is 19.5 Å². The predicted molar refractivity (Wildman–Crippen MR) is 75.1 cm³/mol. The van der Waals surface area contributed by atoms with Crippen LogP contribution in [0.3, 0.4) is 0 Å². The van der Waals surface area contributed by atoms with E-state index in [2.05, 4.69) is 15.0 Å². The third-order valence-corrected chi connectivity index (χ3v) is 3.70. The van der Waals surface area contributed by atoms with Crippen LogP contribution in [0.4, 0.5) is 5.82 Å². The maximum absolute atomic E-state index is 10.2. The van der Waals surface area contributed by atoms with Crippen LogP contribution < -0.4 is 5.73 Å². The number of aromatic nitrogens is 4. The zero-order chi connectivity index (χ0) is 15.1. The number of anilines is 1. The zero-order valence-corrected chi connectivity index (χ0v) is 11.9. The second kappa shape index (κ2) is 5.21. The van der Waals surface area contributed by atoms with E-state index >= 15 is 0 Å². The minimum atomic E-state index is -1.04. The summed E-state index contributed by atoms with van der Waals surface area (Å²) in [6, 6.07) is 0. The van der Waals surface area contributed by atoms with Gasteiger partial charge in [-0.3, -0.25) is 4.57 Å². The summed E-state index contributed by atoms with van der Waals surface area (Å²) >= 11 is 0. The van der Waals surface area contributed by atoms with E-state index in [1.54, 1.807) is 4.57 Å². The van der Waals surface area contributed by atoms with E-state index in [1.165, 1.54) is 12.7 Å². The van der Waals surface area contributed by atoms with Crippen molar-refractivity contribution in [2.24, 2.45) is 5.92 Å². The third-order valence-electron chi connectivity index (χ3n) is 3.70. The Balaban J connectivity index is 1.94. The topological polar surface area (TPSA) is 119 Å². The molecule has 1 fully saturated rings. The number of rotatable bonds is 3. The van der Waals surface area contributed by atoms with Crippen molar-refractivity contribution in [3.05, 3.63) is 12.7 Å². The van der Waals surface area contributed by atoms with E-state index in [9.17, 15) is 10.2 Å². The average Bonchev–Trinajstić information content (AvgIpc) is 2.96. The molecule has 1 aliphatic heterocycles. The summed E-state index contributed by atoms with van der Waals surface area (Å²) in [5, 5.41) is 20.4. The highest BCUT2D eigenvalue weighted by molar-refractivity contribution is 5.81. The van der Waals surface area contributed by atoms with E-state index in [0.717, 1.165) is 0 Å². The van der Waals surface area contributed by atoms with Crippen LogP contribution in [0.25, 0.3) is 11.2 Å². The molecule has 0 bridgehead atoms. The molecule has 0 amide bonds. The summed E-state index contributed by atoms with van der Waals surface area (Å²) < 4.78 is 7.40. The monoisotopic (exact) mass is 293 g/mol. The molecule has 8 heteroatoms. The molecule has 1 aliphatic rings. The molecule has 0 radical (unpaired) electrons. The van der Waals surface area contributed by atoms with Gasteiger partial charge < -0.3 is 20.7 Å². The van der Waals surface area contributed by atoms with Crippen molar-refractivity contribution in [2.45, 2.75) is 44.8 Å². The third kappa shape index (κ3) is 2.35. The molecule has 21 heavy (non-hydrogen) atoms. The van der Waals surface area contributed by atoms with Gasteiger partial charge in [0.05, 0.1) is 12.4 Å². The lowest BCUT2D eigenvalue weighted by Gasteiger charge is -2.17. The van der Waals surface area contributed by atoms with Crippen LogP contribution in [-0.2, 0) is 4.74 Å². The summed E-state index contributed by atoms with van der Waals surface area (Å²) in [5.74, 6) is 0.624. The second-order valence-corrected chi connectivity index (χ2v) is 5.76. The van der Waals surface area contributed by atoms with Gasteiger partial charge in [0.1, 0.15) is 24.1 Å². The summed E-state index contributed by atoms with van der Waals surface area (Å²) in [7, 11) is 0. The lowest BCUT2D eigenvalue weighted by molar-refractivity contribution is -0.0401. The maximum atomic E-state index is 10.2. The minimum absolute atomic E-state index is 0.269. The Hall–Kier alpha value is -1.77. The molecule has 3 heterocycles. The molecule has 2 aromatic heterocycles. The smallest absolute Gasteiger partial charge is 0.167 e. The molecule has 0 saturated carbocycles. The van der Waals surface area contributed by atoms with Gasteiger partial charge in [-0.15, -0.1) is 0 Å². The largest absolute Gasteiger partial charge is 0.388 e. The first-order chi connectivity index (χ1) is 9.99. The molecular weight excluding hydrogens is 274 g/mol. The standard InChI is InChI=1S/C13H19N5O3/c1-6(2)3-7-9(19)10(20)13(21-7)18-5-17-8-11(14)15-4-16-12(8)18/h4-7,9-10,13,19-20H,3H2,1-2H3,(H2,14,15,16)/t7-,9-,10-,13-/m1/s1. The SMILES string of the molecule is CC(C)C[C@H]1O[C@@H](n2cnc3c(N)ncnc32)[C@H](O)[C@@H]1O. The van der Waals surface area contributed by atoms with Gasteiger partial charge in [-0.2, -0.15) is 0 Å². The molecule has 114 valence electrons. The van der Waals surface area contributed by atoms with Gasteiger partial charge in [0, 0.05) is 0 Å². The number of fused-ring (bicyclic) bond motifs is 1. The van der Waals surface area contributed by atoms with Crippen molar-refractivity contribution in [3.8, 4) is 0 Å². The number of nitrogens with two attached hydrogens (primary N) is 1. The average molecular weight is 293 g/mol. The van der Waals surface area contributed by atoms with Crippen LogP contribution in [0, 0.1) is 5.92 Å². The fourth-order valence-corrected chi connectivity index (χ4v) is 2.67. The number of nitrogen functional groups attached to an aromatic ring is 1. The number of ether oxygens (including phenoxy) is 1. The lowest BCUT2D eigenvalue weighted by Crippen LogP contribution is -2.32. The van der Waals surface area contributed by atoms with E-state index in [0.29, 0.717) is 23.5 Å². The molecule has 0 spiro atoms. The summed E-state index contributed by atoms with van der Waals surface area (Å²) in [4.78, 5) is 12.2. The molecule has 0 aromatic carbocycles. The Morgan fingerprint density at radius 1 is 1.29 bits per heavy atom. The first kappa shape index (κ1) is 14.2. The molecule has 0 aliphatic carbocycles. The second-order valence-electron chi connectivity index (χ2n) is 5.76. The van der Waals surface area contributed by atoms with Crippen LogP contribution in [0.1, 0.15) is 26.5 Å². The number of hydrogen-bond acceptors (Lipinski definition) is 7. The van der Waals surface area contributed by atoms with Crippen molar-refractivity contribution < 1.29 is 14.9 Å². The Labute approximate surface area is 121 Å². The van der Waals surface area contributed by atoms with Crippen LogP contribution in [-0.4, -0.2) is 48.0 Å². The summed E-state index contributed by atoms with van der Waals surface area (Å²) in [6.45, 7) is 4.08. The summed E-state index contributed by atoms with van der Waals surface area (Å²) in [6.07, 6.45) is 0.368. The van der Waals surface area contributed by atoms with Crippen LogP contribution in [0.2, 0.25) is 0 Å². The van der Waals surface area contributed by atoms with Gasteiger partial charge in [0.25, 0.3) is 0 Å². The Morgan fingerprint density at radius 3 is 2.76 bits per heavy atom. The molecule has 3 rings (SSSR count). The minimum Gasteiger partial charge on any atom is -0.388 e. The number of aliphatic hydroxyl groups excluding tert-OH is 2. The fourth-order valence-electron chi connectivity index (χ4n) is 2.67. The maximum Gasteiger partial charge on any atom is 0.167 e. The van der Waals surface area contributed by atoms with Crippen molar-refractivity contribution >= 4 is 17.0 Å². The summed E-state index contributed by atoms with van der Waals surface area (Å²) in [5.41, 5.74) is 6.67. The number of hydrogen-bond donors (Lipinski definition) is 3. The van der Waals surface area contributed by atoms with Gasteiger partial charge in [-0.1, -0.05) is 13.8 Å². The quantitative estimate of drug-likeness (QED) is 0.732. The van der Waals surface area contributed by atoms with E-state index < -0.39 is 24.5 Å². The van der Waals surface area contributed by atoms with Crippen molar-refractivity contribution in [2.75, 3.05) is 5.73 Å². The van der Waals surface area contributed by atoms with Gasteiger partial charge in [-0.05, 0) is 12.3 Å². The Morgan fingerprint density at radius 2 is 2.05 bits per heavy atom. The van der Waals surface area contributed by atoms with Gasteiger partial charge in [-0.25, -0.2) is 15.0 Å². The number of aliphatic hydroxyl groups is 2. The molecule has 4 N–H and O–H groups in total. The number of imidazole rings is 1. The zero-order valence-electron chi connectivity index (χ0n) is 11.9. The van der Waals surface area contributed by atoms with E-state index in [4.69, 9.17) is 10.5 Å². The Kier molecular flexibility index (Phi) is 3.52. The molecule has 8 nitrogen and oxygen atoms in total. The van der Waals surface area contributed by atoms with Gasteiger partial charge >= 0.3 is 0 Å². The first-order valence-electron chi connectivity index (χ1n) is 6.93. The van der Waals surface area contributed by atoms with Gasteiger partial charge in [0.2, 0.25) is 0 Å². The highest BCUT2D eigenvalue weighted by Crippen LogP contribution is 2.34. The highest BCUT2D eigenvalue weighted by atomic mass is 16.6. The van der Waals surface area contributed by atoms with Crippen LogP contribution in [0.15, 0.2) is 12.7 Å². The van der Waals surface area contributed by atoms with Crippen LogP contribution in [0.5, 0.6) is 0 Å². The van der Waals surface area contributed by atoms with Gasteiger partial charge in [0.15, 0.2) is 17.7 Å². The van der Waals surface area contributed by atoms with E-state index in [-0.39, 0.29) is 5.82 Å². The fraction of sp³-hybridized carbons (Fsp3) is 0.615. The van der Waals surface area contributed by atoms with E-state index in [1.807, 2.05) is 13.8 Å². The molecular formula is C13H19N5O3. The van der Waals surface area contributed by atoms with Crippen molar-refractivity contribution in [1.29, 1.82) is 0 Å². The molecule has 0 unspecified atom stereocenters. The molecule has 4 atom stereocenters. The van der Waals surface area contributed by atoms with Crippen LogP contribution >= 0.6 is 0 Å². The Bertz CT molecular complexity index is 644. The highest BCUT2D eigenvalue weighted by Gasteiger charge is 2.44. The predicted octanol–water partition coefficient (Wildman–Crippen LogP) is 0.0738. The lowest BCUT2D eigenvalue weighted by atomic mass is 10.0. The first-order valence-corrected chi connectivity index (χ1v) is 6.93. The molecule has 1 saturated heterocycles. The normalized spacial score (nSPS) is 29.6. The van der Waals surface area contributed by atoms with Crippen molar-refractivity contribution in [3.63, 3.8) is 0 Å².